The summed E-state index contributed by atoms with van der Waals surface area (Å²) in [5.74, 6) is 0.268. The molecule has 1 aromatic rings. The van der Waals surface area contributed by atoms with Crippen molar-refractivity contribution >= 4 is 11.5 Å². The topological polar surface area (TPSA) is 32.8 Å². The zero-order valence-electron chi connectivity index (χ0n) is 12.0. The van der Waals surface area contributed by atoms with Crippen molar-refractivity contribution in [3.05, 3.63) is 29.8 Å². The lowest BCUT2D eigenvalue weighted by atomic mass is 10.1. The van der Waals surface area contributed by atoms with Crippen molar-refractivity contribution in [2.24, 2.45) is 0 Å². The van der Waals surface area contributed by atoms with Gasteiger partial charge in [0, 0.05) is 43.9 Å². The highest BCUT2D eigenvalue weighted by atomic mass is 16.5. The molecule has 1 atom stereocenters. The van der Waals surface area contributed by atoms with E-state index in [4.69, 9.17) is 4.74 Å². The molecule has 1 fully saturated rings. The van der Waals surface area contributed by atoms with Crippen molar-refractivity contribution in [2.75, 3.05) is 44.7 Å². The minimum Gasteiger partial charge on any atom is -0.374 e. The Morgan fingerprint density at radius 3 is 3.00 bits per heavy atom. The number of nitrogens with zero attached hydrogens (tertiary/aromatic N) is 2. The number of morpholine rings is 1. The summed E-state index contributed by atoms with van der Waals surface area (Å²) < 4.78 is 5.87. The molecule has 4 heteroatoms. The van der Waals surface area contributed by atoms with Gasteiger partial charge in [0.15, 0.2) is 5.78 Å². The molecular weight excluding hydrogens is 252 g/mol. The number of anilines is 1. The molecule has 0 saturated carbocycles. The number of Topliss-reactive ketones (excluding diaryl/α,β-unsaturated/α-hetero) is 1. The first-order valence-corrected chi connectivity index (χ1v) is 7.41. The van der Waals surface area contributed by atoms with Gasteiger partial charge in [0.1, 0.15) is 0 Å². The third-order valence-corrected chi connectivity index (χ3v) is 4.14. The van der Waals surface area contributed by atoms with E-state index in [1.807, 2.05) is 18.2 Å². The number of rotatable bonds is 2. The van der Waals surface area contributed by atoms with E-state index in [-0.39, 0.29) is 11.9 Å². The molecular formula is C16H22N2O2. The maximum Gasteiger partial charge on any atom is 0.165 e. The van der Waals surface area contributed by atoms with Crippen LogP contribution in [0.5, 0.6) is 0 Å². The molecule has 1 unspecified atom stereocenters. The number of carbonyl (C=O) groups excluding carboxylic acids is 1. The number of hydrogen-bond donors (Lipinski definition) is 0. The molecule has 2 aliphatic rings. The number of fused-ring (bicyclic) bond motifs is 1. The summed E-state index contributed by atoms with van der Waals surface area (Å²) in [4.78, 5) is 16.8. The minimum absolute atomic E-state index is 0.231. The molecule has 108 valence electrons. The Labute approximate surface area is 120 Å². The Hall–Kier alpha value is -1.39. The van der Waals surface area contributed by atoms with E-state index in [0.29, 0.717) is 6.42 Å². The first-order chi connectivity index (χ1) is 9.74. The van der Waals surface area contributed by atoms with E-state index < -0.39 is 0 Å². The van der Waals surface area contributed by atoms with Crippen LogP contribution in [0.4, 0.5) is 5.69 Å². The summed E-state index contributed by atoms with van der Waals surface area (Å²) in [7, 11) is 2.13. The largest absolute Gasteiger partial charge is 0.374 e. The van der Waals surface area contributed by atoms with E-state index in [0.717, 1.165) is 50.5 Å². The average molecular weight is 274 g/mol. The molecule has 0 N–H and O–H groups in total. The van der Waals surface area contributed by atoms with Crippen LogP contribution in [0, 0.1) is 0 Å². The quantitative estimate of drug-likeness (QED) is 0.823. The molecule has 0 radical (unpaired) electrons. The van der Waals surface area contributed by atoms with E-state index in [2.05, 4.69) is 22.9 Å². The van der Waals surface area contributed by atoms with Crippen LogP contribution in [-0.4, -0.2) is 56.6 Å². The molecule has 0 aliphatic carbocycles. The van der Waals surface area contributed by atoms with Crippen molar-refractivity contribution in [1.82, 2.24) is 4.90 Å². The van der Waals surface area contributed by atoms with Gasteiger partial charge in [-0.25, -0.2) is 0 Å². The molecule has 1 saturated heterocycles. The molecule has 1 aromatic carbocycles. The molecule has 0 amide bonds. The van der Waals surface area contributed by atoms with Crippen LogP contribution in [0.15, 0.2) is 24.3 Å². The van der Waals surface area contributed by atoms with Gasteiger partial charge in [-0.1, -0.05) is 12.1 Å². The van der Waals surface area contributed by atoms with E-state index in [9.17, 15) is 4.79 Å². The molecule has 4 nitrogen and oxygen atoms in total. The van der Waals surface area contributed by atoms with Crippen molar-refractivity contribution in [3.63, 3.8) is 0 Å². The van der Waals surface area contributed by atoms with Gasteiger partial charge >= 0.3 is 0 Å². The zero-order valence-corrected chi connectivity index (χ0v) is 12.0. The highest BCUT2D eigenvalue weighted by Gasteiger charge is 2.25. The summed E-state index contributed by atoms with van der Waals surface area (Å²) in [5, 5.41) is 0. The minimum atomic E-state index is 0.231. The lowest BCUT2D eigenvalue weighted by Crippen LogP contribution is -2.46. The maximum absolute atomic E-state index is 12.1. The second-order valence-electron chi connectivity index (χ2n) is 5.74. The maximum atomic E-state index is 12.1. The number of likely N-dealkylation sites (N-methyl/N-ethyl adjacent to an activating group) is 1. The Balaban J connectivity index is 1.78. The Morgan fingerprint density at radius 2 is 2.15 bits per heavy atom. The van der Waals surface area contributed by atoms with Crippen molar-refractivity contribution in [1.29, 1.82) is 0 Å². The van der Waals surface area contributed by atoms with Gasteiger partial charge in [-0.05, 0) is 25.6 Å². The van der Waals surface area contributed by atoms with E-state index in [1.54, 1.807) is 0 Å². The number of carbonyl (C=O) groups is 1. The van der Waals surface area contributed by atoms with Gasteiger partial charge in [-0.3, -0.25) is 4.79 Å². The van der Waals surface area contributed by atoms with E-state index >= 15 is 0 Å². The molecule has 3 rings (SSSR count). The first-order valence-electron chi connectivity index (χ1n) is 7.41. The van der Waals surface area contributed by atoms with Gasteiger partial charge in [-0.2, -0.15) is 0 Å². The Kier molecular flexibility index (Phi) is 4.03. The van der Waals surface area contributed by atoms with Gasteiger partial charge in [0.2, 0.25) is 0 Å². The summed E-state index contributed by atoms with van der Waals surface area (Å²) in [6.07, 6.45) is 1.81. The highest BCUT2D eigenvalue weighted by Crippen LogP contribution is 2.26. The van der Waals surface area contributed by atoms with Gasteiger partial charge in [0.25, 0.3) is 0 Å². The summed E-state index contributed by atoms with van der Waals surface area (Å²) >= 11 is 0. The second-order valence-corrected chi connectivity index (χ2v) is 5.74. The molecule has 0 aromatic heterocycles. The molecule has 2 heterocycles. The first kappa shape index (κ1) is 13.6. The van der Waals surface area contributed by atoms with Crippen LogP contribution in [0.2, 0.25) is 0 Å². The fourth-order valence-electron chi connectivity index (χ4n) is 3.08. The van der Waals surface area contributed by atoms with E-state index in [1.165, 1.54) is 0 Å². The fraction of sp³-hybridized carbons (Fsp3) is 0.562. The van der Waals surface area contributed by atoms with Crippen LogP contribution in [0.1, 0.15) is 23.2 Å². The standard InChI is InChI=1S/C16H22N2O2/c1-17-9-10-20-13(11-17)12-18-8-4-7-16(19)14-5-2-3-6-15(14)18/h2-3,5-6,13H,4,7-12H2,1H3. The Morgan fingerprint density at radius 1 is 1.30 bits per heavy atom. The van der Waals surface area contributed by atoms with Gasteiger partial charge in [0.05, 0.1) is 12.7 Å². The molecule has 0 spiro atoms. The SMILES string of the molecule is CN1CCOC(CN2CCCC(=O)c3ccccc32)C1. The van der Waals surface area contributed by atoms with Crippen LogP contribution in [-0.2, 0) is 4.74 Å². The molecule has 20 heavy (non-hydrogen) atoms. The van der Waals surface area contributed by atoms with Crippen LogP contribution >= 0.6 is 0 Å². The number of ether oxygens (including phenoxy) is 1. The van der Waals surface area contributed by atoms with Crippen molar-refractivity contribution in [2.45, 2.75) is 18.9 Å². The molecule has 2 aliphatic heterocycles. The summed E-state index contributed by atoms with van der Waals surface area (Å²) in [6.45, 7) is 4.58. The fourth-order valence-corrected chi connectivity index (χ4v) is 3.08. The van der Waals surface area contributed by atoms with Crippen LogP contribution < -0.4 is 4.90 Å². The number of hydrogen-bond acceptors (Lipinski definition) is 4. The normalized spacial score (nSPS) is 24.4. The molecule has 0 bridgehead atoms. The zero-order chi connectivity index (χ0) is 13.9. The smallest absolute Gasteiger partial charge is 0.165 e. The highest BCUT2D eigenvalue weighted by molar-refractivity contribution is 6.01. The van der Waals surface area contributed by atoms with Gasteiger partial charge < -0.3 is 14.5 Å². The van der Waals surface area contributed by atoms with Crippen molar-refractivity contribution in [3.8, 4) is 0 Å². The second kappa shape index (κ2) is 5.94. The number of para-hydroxylation sites is 1. The number of ketones is 1. The summed E-state index contributed by atoms with van der Waals surface area (Å²) in [5.41, 5.74) is 1.95. The van der Waals surface area contributed by atoms with Crippen molar-refractivity contribution < 1.29 is 9.53 Å². The predicted molar refractivity (Wildman–Crippen MR) is 79.5 cm³/mol. The van der Waals surface area contributed by atoms with Crippen LogP contribution in [0.3, 0.4) is 0 Å². The monoisotopic (exact) mass is 274 g/mol. The lowest BCUT2D eigenvalue weighted by molar-refractivity contribution is -0.0147. The predicted octanol–water partition coefficient (Wildman–Crippen LogP) is 1.80. The third kappa shape index (κ3) is 2.86. The third-order valence-electron chi connectivity index (χ3n) is 4.14. The lowest BCUT2D eigenvalue weighted by Gasteiger charge is -2.34. The van der Waals surface area contributed by atoms with Gasteiger partial charge in [-0.15, -0.1) is 0 Å². The van der Waals surface area contributed by atoms with Crippen LogP contribution in [0.25, 0.3) is 0 Å². The average Bonchev–Trinajstić information content (AvgIpc) is 2.60. The number of benzene rings is 1. The summed E-state index contributed by atoms with van der Waals surface area (Å²) in [6, 6.07) is 7.97. The Bertz CT molecular complexity index is 489.